The highest BCUT2D eigenvalue weighted by molar-refractivity contribution is 6.91. The zero-order chi connectivity index (χ0) is 28.7. The normalized spacial score (nSPS) is 14.2. The van der Waals surface area contributed by atoms with Crippen LogP contribution in [-0.2, 0) is 27.0 Å². The minimum absolute atomic E-state index is 0.0195. The van der Waals surface area contributed by atoms with E-state index in [0.29, 0.717) is 19.7 Å². The smallest absolute Gasteiger partial charge is 0.323 e. The standard InChI is InChI=1S/C33H47NO3Si2/c1-33(2,3)39(7,8)37-26-30(38(5,6)29-22-16-11-17-23-29)31(32(35)36-4)34(24-27-18-12-9-13-19-27)25-28-20-14-10-15-21-28/h9-23,30-31H,24-26H2,1-8H3/t30-,31-/m0/s1. The van der Waals surface area contributed by atoms with Crippen molar-refractivity contribution >= 4 is 27.5 Å². The molecule has 0 saturated carbocycles. The van der Waals surface area contributed by atoms with Crippen molar-refractivity contribution < 1.29 is 14.0 Å². The van der Waals surface area contributed by atoms with Crippen molar-refractivity contribution in [2.45, 2.75) is 76.7 Å². The number of hydrogen-bond acceptors (Lipinski definition) is 4. The Bertz CT molecular complexity index is 1120. The maximum absolute atomic E-state index is 13.9. The minimum atomic E-state index is -2.25. The second-order valence-corrected chi connectivity index (χ2v) is 22.2. The largest absolute Gasteiger partial charge is 0.468 e. The topological polar surface area (TPSA) is 38.8 Å². The number of ether oxygens (including phenoxy) is 1. The summed E-state index contributed by atoms with van der Waals surface area (Å²) >= 11 is 0. The average Bonchev–Trinajstić information content (AvgIpc) is 2.91. The van der Waals surface area contributed by atoms with Gasteiger partial charge in [-0.3, -0.25) is 9.69 Å². The number of carbonyl (C=O) groups is 1. The SMILES string of the molecule is COC(=O)[C@H]([C@H](CO[Si](C)(C)C(C)(C)C)[Si](C)(C)c1ccccc1)N(Cc1ccccc1)Cc1ccccc1. The minimum Gasteiger partial charge on any atom is -0.468 e. The molecule has 0 aliphatic rings. The Morgan fingerprint density at radius 3 is 1.62 bits per heavy atom. The van der Waals surface area contributed by atoms with Gasteiger partial charge < -0.3 is 9.16 Å². The third-order valence-electron chi connectivity index (χ3n) is 8.55. The van der Waals surface area contributed by atoms with Gasteiger partial charge in [0.05, 0.1) is 15.2 Å². The Morgan fingerprint density at radius 2 is 1.21 bits per heavy atom. The van der Waals surface area contributed by atoms with Gasteiger partial charge in [0.25, 0.3) is 0 Å². The fourth-order valence-electron chi connectivity index (χ4n) is 4.87. The van der Waals surface area contributed by atoms with Crippen molar-refractivity contribution in [2.24, 2.45) is 0 Å². The van der Waals surface area contributed by atoms with Crippen LogP contribution in [0.4, 0.5) is 0 Å². The summed E-state index contributed by atoms with van der Waals surface area (Å²) < 4.78 is 12.5. The average molecular weight is 562 g/mol. The van der Waals surface area contributed by atoms with Crippen LogP contribution in [0.2, 0.25) is 36.8 Å². The van der Waals surface area contributed by atoms with E-state index in [-0.39, 0.29) is 16.5 Å². The summed E-state index contributed by atoms with van der Waals surface area (Å²) in [6, 6.07) is 31.1. The molecule has 0 spiro atoms. The number of benzene rings is 3. The van der Waals surface area contributed by atoms with Crippen LogP contribution in [0.5, 0.6) is 0 Å². The van der Waals surface area contributed by atoms with Gasteiger partial charge in [0.1, 0.15) is 6.04 Å². The molecule has 0 heterocycles. The molecule has 0 fully saturated rings. The Kier molecular flexibility index (Phi) is 10.5. The van der Waals surface area contributed by atoms with E-state index in [9.17, 15) is 4.79 Å². The predicted molar refractivity (Wildman–Crippen MR) is 168 cm³/mol. The van der Waals surface area contributed by atoms with Gasteiger partial charge in [-0.1, -0.05) is 130 Å². The zero-order valence-corrected chi connectivity index (χ0v) is 27.1. The molecule has 39 heavy (non-hydrogen) atoms. The van der Waals surface area contributed by atoms with E-state index >= 15 is 0 Å². The van der Waals surface area contributed by atoms with E-state index in [1.165, 1.54) is 23.4 Å². The van der Waals surface area contributed by atoms with Crippen LogP contribution in [0.25, 0.3) is 0 Å². The van der Waals surface area contributed by atoms with Crippen LogP contribution < -0.4 is 5.19 Å². The lowest BCUT2D eigenvalue weighted by atomic mass is 10.1. The number of methoxy groups -OCH3 is 1. The first-order valence-corrected chi connectivity index (χ1v) is 19.9. The van der Waals surface area contributed by atoms with Crippen LogP contribution in [-0.4, -0.2) is 47.0 Å². The second kappa shape index (κ2) is 13.2. The van der Waals surface area contributed by atoms with Crippen LogP contribution in [0.15, 0.2) is 91.0 Å². The highest BCUT2D eigenvalue weighted by Crippen LogP contribution is 2.39. The number of rotatable bonds is 12. The van der Waals surface area contributed by atoms with Crippen molar-refractivity contribution in [2.75, 3.05) is 13.7 Å². The summed E-state index contributed by atoms with van der Waals surface area (Å²) in [5, 5.41) is 1.40. The summed E-state index contributed by atoms with van der Waals surface area (Å²) in [4.78, 5) is 16.2. The van der Waals surface area contributed by atoms with E-state index in [2.05, 4.69) is 131 Å². The summed E-state index contributed by atoms with van der Waals surface area (Å²) in [6.45, 7) is 18.0. The zero-order valence-electron chi connectivity index (χ0n) is 25.1. The van der Waals surface area contributed by atoms with Crippen molar-refractivity contribution in [3.8, 4) is 0 Å². The molecule has 3 rings (SSSR count). The molecule has 0 aliphatic heterocycles. The van der Waals surface area contributed by atoms with Gasteiger partial charge in [-0.15, -0.1) is 0 Å². The second-order valence-electron chi connectivity index (χ2n) is 12.6. The summed E-state index contributed by atoms with van der Waals surface area (Å²) in [5.74, 6) is -0.192. The number of esters is 1. The first kappa shape index (κ1) is 31.0. The van der Waals surface area contributed by atoms with Gasteiger partial charge in [-0.25, -0.2) is 0 Å². The molecule has 0 radical (unpaired) electrons. The molecule has 210 valence electrons. The highest BCUT2D eigenvalue weighted by atomic mass is 28.4. The van der Waals surface area contributed by atoms with E-state index in [1.807, 2.05) is 12.1 Å². The van der Waals surface area contributed by atoms with Gasteiger partial charge in [0.2, 0.25) is 0 Å². The maximum Gasteiger partial charge on any atom is 0.323 e. The Balaban J connectivity index is 2.14. The van der Waals surface area contributed by atoms with E-state index in [1.54, 1.807) is 0 Å². The maximum atomic E-state index is 13.9. The number of carbonyl (C=O) groups excluding carboxylic acids is 1. The lowest BCUT2D eigenvalue weighted by molar-refractivity contribution is -0.148. The van der Waals surface area contributed by atoms with Crippen molar-refractivity contribution in [1.82, 2.24) is 4.90 Å². The van der Waals surface area contributed by atoms with E-state index < -0.39 is 22.4 Å². The third-order valence-corrected chi connectivity index (χ3v) is 17.2. The first-order chi connectivity index (χ1) is 18.4. The predicted octanol–water partition coefficient (Wildman–Crippen LogP) is 7.24. The van der Waals surface area contributed by atoms with Crippen molar-refractivity contribution in [3.05, 3.63) is 102 Å². The highest BCUT2D eigenvalue weighted by Gasteiger charge is 2.47. The molecule has 0 amide bonds. The fourth-order valence-corrected chi connectivity index (χ4v) is 9.18. The van der Waals surface area contributed by atoms with Gasteiger partial charge >= 0.3 is 5.97 Å². The summed E-state index contributed by atoms with van der Waals surface area (Å²) in [6.07, 6.45) is 0. The lowest BCUT2D eigenvalue weighted by Gasteiger charge is -2.45. The van der Waals surface area contributed by atoms with Crippen LogP contribution >= 0.6 is 0 Å². The number of hydrogen-bond donors (Lipinski definition) is 0. The molecule has 0 unspecified atom stereocenters. The van der Waals surface area contributed by atoms with Crippen molar-refractivity contribution in [1.29, 1.82) is 0 Å². The molecule has 3 aromatic rings. The van der Waals surface area contributed by atoms with Crippen LogP contribution in [0.1, 0.15) is 31.9 Å². The molecule has 0 saturated heterocycles. The summed E-state index contributed by atoms with van der Waals surface area (Å²) in [5.41, 5.74) is 2.32. The van der Waals surface area contributed by atoms with E-state index in [0.717, 1.165) is 0 Å². The van der Waals surface area contributed by atoms with Crippen molar-refractivity contribution in [3.63, 3.8) is 0 Å². The molecule has 4 nitrogen and oxygen atoms in total. The summed E-state index contributed by atoms with van der Waals surface area (Å²) in [7, 11) is -2.81. The molecule has 0 aliphatic carbocycles. The molecule has 0 aromatic heterocycles. The first-order valence-electron chi connectivity index (χ1n) is 14.0. The molecular weight excluding hydrogens is 515 g/mol. The molecular formula is C33H47NO3Si2. The Hall–Kier alpha value is -2.52. The Labute approximate surface area is 238 Å². The molecule has 0 N–H and O–H groups in total. The third kappa shape index (κ3) is 8.01. The van der Waals surface area contributed by atoms with Gasteiger partial charge in [-0.2, -0.15) is 0 Å². The molecule has 6 heteroatoms. The van der Waals surface area contributed by atoms with Gasteiger partial charge in [0.15, 0.2) is 8.32 Å². The van der Waals surface area contributed by atoms with E-state index in [4.69, 9.17) is 9.16 Å². The quantitative estimate of drug-likeness (QED) is 0.173. The lowest BCUT2D eigenvalue weighted by Crippen LogP contribution is -2.59. The molecule has 0 bridgehead atoms. The van der Waals surface area contributed by atoms with Gasteiger partial charge in [0, 0.05) is 25.2 Å². The Morgan fingerprint density at radius 1 is 0.769 bits per heavy atom. The molecule has 2 atom stereocenters. The van der Waals surface area contributed by atoms with Crippen LogP contribution in [0.3, 0.4) is 0 Å². The monoisotopic (exact) mass is 561 g/mol. The fraction of sp³-hybridized carbons (Fsp3) is 0.424. The van der Waals surface area contributed by atoms with Crippen LogP contribution in [0, 0.1) is 0 Å². The van der Waals surface area contributed by atoms with Gasteiger partial charge in [-0.05, 0) is 29.3 Å². The number of nitrogens with zero attached hydrogens (tertiary/aromatic N) is 1. The molecule has 3 aromatic carbocycles.